The highest BCUT2D eigenvalue weighted by Crippen LogP contribution is 2.22. The van der Waals surface area contributed by atoms with E-state index in [2.05, 4.69) is 30.9 Å². The predicted octanol–water partition coefficient (Wildman–Crippen LogP) is 1.79. The molecular weight excluding hydrogens is 200 g/mol. The van der Waals surface area contributed by atoms with E-state index in [1.807, 2.05) is 23.6 Å². The quantitative estimate of drug-likeness (QED) is 0.794. The molecule has 2 rings (SSSR count). The number of nitrogens with two attached hydrogens (primary N) is 1. The monoisotopic (exact) mass is 218 g/mol. The third-order valence-electron chi connectivity index (χ3n) is 2.64. The van der Waals surface area contributed by atoms with Crippen LogP contribution < -0.4 is 5.73 Å². The highest BCUT2D eigenvalue weighted by atomic mass is 15.3. The van der Waals surface area contributed by atoms with E-state index in [9.17, 15) is 0 Å². The van der Waals surface area contributed by atoms with Crippen molar-refractivity contribution in [2.45, 2.75) is 39.7 Å². The van der Waals surface area contributed by atoms with Crippen molar-refractivity contribution in [2.75, 3.05) is 0 Å². The lowest BCUT2D eigenvalue weighted by molar-refractivity contribution is 0.561. The van der Waals surface area contributed by atoms with Gasteiger partial charge in [0.1, 0.15) is 0 Å². The zero-order valence-corrected chi connectivity index (χ0v) is 10.3. The van der Waals surface area contributed by atoms with Crippen LogP contribution >= 0.6 is 0 Å². The van der Waals surface area contributed by atoms with Gasteiger partial charge in [0.15, 0.2) is 5.65 Å². The fourth-order valence-corrected chi connectivity index (χ4v) is 1.66. The van der Waals surface area contributed by atoms with Crippen LogP contribution in [0, 0.1) is 6.92 Å². The van der Waals surface area contributed by atoms with E-state index in [1.165, 1.54) is 0 Å². The van der Waals surface area contributed by atoms with Gasteiger partial charge < -0.3 is 5.73 Å². The van der Waals surface area contributed by atoms with Gasteiger partial charge in [-0.05, 0) is 13.0 Å². The van der Waals surface area contributed by atoms with Gasteiger partial charge in [0.2, 0.25) is 0 Å². The zero-order valence-electron chi connectivity index (χ0n) is 10.3. The average molecular weight is 218 g/mol. The first-order chi connectivity index (χ1) is 7.41. The Morgan fingerprint density at radius 1 is 1.31 bits per heavy atom. The number of aromatic nitrogens is 3. The van der Waals surface area contributed by atoms with Crippen LogP contribution in [0.2, 0.25) is 0 Å². The Bertz CT molecular complexity index is 520. The standard InChI is InChI=1S/C12H18N4/c1-8-5-9(7-13)14-11-6-10(12(2,3)4)15-16(8)11/h5-6H,7,13H2,1-4H3. The molecular formula is C12H18N4. The third kappa shape index (κ3) is 1.80. The fourth-order valence-electron chi connectivity index (χ4n) is 1.66. The highest BCUT2D eigenvalue weighted by Gasteiger charge is 2.18. The van der Waals surface area contributed by atoms with E-state index in [-0.39, 0.29) is 5.41 Å². The molecule has 4 heteroatoms. The lowest BCUT2D eigenvalue weighted by atomic mass is 9.93. The summed E-state index contributed by atoms with van der Waals surface area (Å²) in [6.07, 6.45) is 0. The van der Waals surface area contributed by atoms with Gasteiger partial charge in [-0.25, -0.2) is 9.50 Å². The second kappa shape index (κ2) is 3.56. The number of rotatable bonds is 1. The molecule has 2 aromatic rings. The van der Waals surface area contributed by atoms with Crippen LogP contribution in [0.4, 0.5) is 0 Å². The minimum atomic E-state index is 0.0447. The molecule has 0 amide bonds. The summed E-state index contributed by atoms with van der Waals surface area (Å²) in [6, 6.07) is 4.01. The molecule has 2 N–H and O–H groups in total. The summed E-state index contributed by atoms with van der Waals surface area (Å²) in [7, 11) is 0. The molecule has 0 saturated heterocycles. The van der Waals surface area contributed by atoms with E-state index in [0.717, 1.165) is 22.7 Å². The van der Waals surface area contributed by atoms with Crippen molar-refractivity contribution >= 4 is 5.65 Å². The molecule has 0 aliphatic heterocycles. The average Bonchev–Trinajstić information content (AvgIpc) is 2.61. The van der Waals surface area contributed by atoms with Crippen molar-refractivity contribution in [3.8, 4) is 0 Å². The molecule has 0 atom stereocenters. The van der Waals surface area contributed by atoms with Crippen molar-refractivity contribution in [1.29, 1.82) is 0 Å². The topological polar surface area (TPSA) is 56.2 Å². The molecule has 16 heavy (non-hydrogen) atoms. The molecule has 0 unspecified atom stereocenters. The van der Waals surface area contributed by atoms with Gasteiger partial charge in [-0.15, -0.1) is 0 Å². The van der Waals surface area contributed by atoms with Crippen molar-refractivity contribution in [1.82, 2.24) is 14.6 Å². The van der Waals surface area contributed by atoms with E-state index >= 15 is 0 Å². The largest absolute Gasteiger partial charge is 0.325 e. The minimum Gasteiger partial charge on any atom is -0.325 e. The summed E-state index contributed by atoms with van der Waals surface area (Å²) in [4.78, 5) is 4.46. The van der Waals surface area contributed by atoms with Crippen LogP contribution in [0.1, 0.15) is 37.9 Å². The van der Waals surface area contributed by atoms with Gasteiger partial charge in [0.25, 0.3) is 0 Å². The number of fused-ring (bicyclic) bond motifs is 1. The van der Waals surface area contributed by atoms with E-state index < -0.39 is 0 Å². The molecule has 0 aromatic carbocycles. The maximum atomic E-state index is 5.61. The Hall–Kier alpha value is -1.42. The van der Waals surface area contributed by atoms with Crippen LogP contribution in [0.3, 0.4) is 0 Å². The molecule has 4 nitrogen and oxygen atoms in total. The Kier molecular flexibility index (Phi) is 2.46. The first-order valence-corrected chi connectivity index (χ1v) is 5.48. The first kappa shape index (κ1) is 11.1. The number of nitrogens with zero attached hydrogens (tertiary/aromatic N) is 3. The van der Waals surface area contributed by atoms with Crippen molar-refractivity contribution in [3.05, 3.63) is 29.2 Å². The van der Waals surface area contributed by atoms with Crippen LogP contribution in [0.15, 0.2) is 12.1 Å². The molecule has 2 heterocycles. The Morgan fingerprint density at radius 3 is 2.56 bits per heavy atom. The molecule has 86 valence electrons. The third-order valence-corrected chi connectivity index (χ3v) is 2.64. The summed E-state index contributed by atoms with van der Waals surface area (Å²) in [5, 5.41) is 4.57. The van der Waals surface area contributed by atoms with E-state index in [4.69, 9.17) is 5.73 Å². The van der Waals surface area contributed by atoms with Crippen LogP contribution in [0.25, 0.3) is 5.65 Å². The Labute approximate surface area is 95.5 Å². The Balaban J connectivity index is 2.66. The zero-order chi connectivity index (χ0) is 11.9. The molecule has 2 aromatic heterocycles. The predicted molar refractivity (Wildman–Crippen MR) is 64.3 cm³/mol. The molecule has 0 saturated carbocycles. The van der Waals surface area contributed by atoms with E-state index in [1.54, 1.807) is 0 Å². The van der Waals surface area contributed by atoms with Gasteiger partial charge >= 0.3 is 0 Å². The second-order valence-corrected chi connectivity index (χ2v) is 5.14. The van der Waals surface area contributed by atoms with Crippen molar-refractivity contribution in [2.24, 2.45) is 5.73 Å². The van der Waals surface area contributed by atoms with Crippen LogP contribution in [-0.2, 0) is 12.0 Å². The van der Waals surface area contributed by atoms with Crippen LogP contribution in [-0.4, -0.2) is 14.6 Å². The Morgan fingerprint density at radius 2 is 2.00 bits per heavy atom. The highest BCUT2D eigenvalue weighted by molar-refractivity contribution is 5.43. The number of hydrogen-bond donors (Lipinski definition) is 1. The van der Waals surface area contributed by atoms with Crippen molar-refractivity contribution < 1.29 is 0 Å². The smallest absolute Gasteiger partial charge is 0.155 e. The van der Waals surface area contributed by atoms with Gasteiger partial charge in [0, 0.05) is 23.7 Å². The number of aryl methyl sites for hydroxylation is 1. The summed E-state index contributed by atoms with van der Waals surface area (Å²) in [6.45, 7) is 8.93. The first-order valence-electron chi connectivity index (χ1n) is 5.48. The minimum absolute atomic E-state index is 0.0447. The van der Waals surface area contributed by atoms with Gasteiger partial charge in [-0.3, -0.25) is 0 Å². The summed E-state index contributed by atoms with van der Waals surface area (Å²) in [5.74, 6) is 0. The molecule has 0 radical (unpaired) electrons. The molecule has 0 fully saturated rings. The second-order valence-electron chi connectivity index (χ2n) is 5.14. The maximum Gasteiger partial charge on any atom is 0.155 e. The van der Waals surface area contributed by atoms with Crippen LogP contribution in [0.5, 0.6) is 0 Å². The van der Waals surface area contributed by atoms with Gasteiger partial charge in [0.05, 0.1) is 11.4 Å². The normalized spacial score (nSPS) is 12.3. The molecule has 0 aliphatic rings. The number of hydrogen-bond acceptors (Lipinski definition) is 3. The summed E-state index contributed by atoms with van der Waals surface area (Å²) in [5.41, 5.74) is 9.57. The van der Waals surface area contributed by atoms with Gasteiger partial charge in [-0.2, -0.15) is 5.10 Å². The van der Waals surface area contributed by atoms with E-state index in [0.29, 0.717) is 6.54 Å². The lowest BCUT2D eigenvalue weighted by Gasteiger charge is -2.13. The fraction of sp³-hybridized carbons (Fsp3) is 0.500. The lowest BCUT2D eigenvalue weighted by Crippen LogP contribution is -2.12. The SMILES string of the molecule is Cc1cc(CN)nc2cc(C(C)(C)C)nn12. The summed E-state index contributed by atoms with van der Waals surface area (Å²) >= 11 is 0. The molecule has 0 aliphatic carbocycles. The van der Waals surface area contributed by atoms with Crippen molar-refractivity contribution in [3.63, 3.8) is 0 Å². The molecule has 0 bridgehead atoms. The molecule has 0 spiro atoms. The summed E-state index contributed by atoms with van der Waals surface area (Å²) < 4.78 is 1.87. The van der Waals surface area contributed by atoms with Gasteiger partial charge in [-0.1, -0.05) is 20.8 Å². The maximum absolute atomic E-state index is 5.61.